The molecule has 1 aromatic carbocycles. The first-order chi connectivity index (χ1) is 9.19. The summed E-state index contributed by atoms with van der Waals surface area (Å²) in [5, 5.41) is 12.3. The Hall–Kier alpha value is -1.52. The van der Waals surface area contributed by atoms with Gasteiger partial charge in [-0.2, -0.15) is 0 Å². The quantitative estimate of drug-likeness (QED) is 0.819. The molecule has 0 fully saturated rings. The lowest BCUT2D eigenvalue weighted by atomic mass is 10.0. The third kappa shape index (κ3) is 5.63. The largest absolute Gasteiger partial charge is 0.481 e. The zero-order valence-corrected chi connectivity index (χ0v) is 12.6. The normalized spacial score (nSPS) is 11.6. The van der Waals surface area contributed by atoms with Gasteiger partial charge in [-0.25, -0.2) is 0 Å². The van der Waals surface area contributed by atoms with Gasteiger partial charge >= 0.3 is 5.97 Å². The maximum absolute atomic E-state index is 11.7. The fraction of sp³-hybridized carbons (Fsp3) is 0.286. The smallest absolute Gasteiger partial charge is 0.305 e. The van der Waals surface area contributed by atoms with E-state index in [9.17, 15) is 9.59 Å². The standard InChI is InChI=1S/C14H15Cl2NO3/c1-14(2,8-13(19)20)17-12(18)6-3-9-7-10(15)4-5-11(9)16/h3-7H,8H2,1-2H3,(H,17,18)(H,19,20). The van der Waals surface area contributed by atoms with Crippen molar-refractivity contribution in [2.45, 2.75) is 25.8 Å². The molecule has 0 unspecified atom stereocenters. The van der Waals surface area contributed by atoms with E-state index in [2.05, 4.69) is 5.32 Å². The highest BCUT2D eigenvalue weighted by atomic mass is 35.5. The Bertz CT molecular complexity index is 553. The molecule has 108 valence electrons. The van der Waals surface area contributed by atoms with Crippen molar-refractivity contribution in [3.8, 4) is 0 Å². The van der Waals surface area contributed by atoms with Crippen LogP contribution in [0.4, 0.5) is 0 Å². The fourth-order valence-corrected chi connectivity index (χ4v) is 1.97. The maximum atomic E-state index is 11.7. The van der Waals surface area contributed by atoms with Crippen molar-refractivity contribution >= 4 is 41.2 Å². The van der Waals surface area contributed by atoms with Crippen molar-refractivity contribution in [1.29, 1.82) is 0 Å². The van der Waals surface area contributed by atoms with E-state index in [4.69, 9.17) is 28.3 Å². The summed E-state index contributed by atoms with van der Waals surface area (Å²) in [6, 6.07) is 4.92. The Morgan fingerprint density at radius 1 is 1.35 bits per heavy atom. The van der Waals surface area contributed by atoms with E-state index in [1.54, 1.807) is 32.0 Å². The first kappa shape index (κ1) is 16.5. The molecule has 0 aliphatic carbocycles. The first-order valence-electron chi connectivity index (χ1n) is 5.87. The molecular formula is C14H15Cl2NO3. The number of nitrogens with one attached hydrogen (secondary N) is 1. The molecular weight excluding hydrogens is 301 g/mol. The van der Waals surface area contributed by atoms with Crippen LogP contribution < -0.4 is 5.32 Å². The number of carbonyl (C=O) groups is 2. The number of carboxylic acids is 1. The summed E-state index contributed by atoms with van der Waals surface area (Å²) in [5.41, 5.74) is -0.212. The van der Waals surface area contributed by atoms with Crippen LogP contribution in [0.3, 0.4) is 0 Å². The van der Waals surface area contributed by atoms with Crippen molar-refractivity contribution < 1.29 is 14.7 Å². The van der Waals surface area contributed by atoms with Gasteiger partial charge in [0.25, 0.3) is 0 Å². The second kappa shape index (κ2) is 6.77. The predicted octanol–water partition coefficient (Wildman–Crippen LogP) is 3.38. The van der Waals surface area contributed by atoms with Crippen molar-refractivity contribution in [2.75, 3.05) is 0 Å². The van der Waals surface area contributed by atoms with E-state index in [-0.39, 0.29) is 6.42 Å². The molecule has 0 saturated heterocycles. The summed E-state index contributed by atoms with van der Waals surface area (Å²) in [7, 11) is 0. The highest BCUT2D eigenvalue weighted by Gasteiger charge is 2.22. The molecule has 0 aromatic heterocycles. The number of carboxylic acid groups (broad SMARTS) is 1. The Morgan fingerprint density at radius 2 is 2.00 bits per heavy atom. The van der Waals surface area contributed by atoms with Crippen LogP contribution in [0, 0.1) is 0 Å². The minimum absolute atomic E-state index is 0.162. The molecule has 1 aromatic rings. The van der Waals surface area contributed by atoms with E-state index in [1.165, 1.54) is 12.2 Å². The van der Waals surface area contributed by atoms with Crippen LogP contribution in [0.15, 0.2) is 24.3 Å². The number of hydrogen-bond acceptors (Lipinski definition) is 2. The number of amides is 1. The number of halogens is 2. The van der Waals surface area contributed by atoms with Crippen LogP contribution in [0.2, 0.25) is 10.0 Å². The second-order valence-corrected chi connectivity index (χ2v) is 5.79. The van der Waals surface area contributed by atoms with Crippen molar-refractivity contribution in [1.82, 2.24) is 5.32 Å². The summed E-state index contributed by atoms with van der Waals surface area (Å²) in [5.74, 6) is -1.37. The lowest BCUT2D eigenvalue weighted by Gasteiger charge is -2.23. The summed E-state index contributed by atoms with van der Waals surface area (Å²) in [4.78, 5) is 22.4. The molecule has 4 nitrogen and oxygen atoms in total. The summed E-state index contributed by atoms with van der Waals surface area (Å²) >= 11 is 11.8. The van der Waals surface area contributed by atoms with Crippen LogP contribution in [0.25, 0.3) is 6.08 Å². The molecule has 2 N–H and O–H groups in total. The van der Waals surface area contributed by atoms with Crippen molar-refractivity contribution in [3.63, 3.8) is 0 Å². The van der Waals surface area contributed by atoms with Crippen LogP contribution in [-0.2, 0) is 9.59 Å². The molecule has 1 amide bonds. The van der Waals surface area contributed by atoms with E-state index < -0.39 is 17.4 Å². The SMILES string of the molecule is CC(C)(CC(=O)O)NC(=O)C=Cc1cc(Cl)ccc1Cl. The van der Waals surface area contributed by atoms with Crippen LogP contribution in [0.1, 0.15) is 25.8 Å². The topological polar surface area (TPSA) is 66.4 Å². The van der Waals surface area contributed by atoms with Crippen molar-refractivity contribution in [2.24, 2.45) is 0 Å². The zero-order chi connectivity index (χ0) is 15.3. The van der Waals surface area contributed by atoms with Crippen LogP contribution in [-0.4, -0.2) is 22.5 Å². The number of benzene rings is 1. The summed E-state index contributed by atoms with van der Waals surface area (Å²) < 4.78 is 0. The molecule has 0 aliphatic rings. The third-order valence-electron chi connectivity index (χ3n) is 2.43. The number of aliphatic carboxylic acids is 1. The Kier molecular flexibility index (Phi) is 5.60. The van der Waals surface area contributed by atoms with Gasteiger partial charge in [0.05, 0.1) is 6.42 Å². The molecule has 1 rings (SSSR count). The monoisotopic (exact) mass is 315 g/mol. The lowest BCUT2D eigenvalue weighted by molar-refractivity contribution is -0.138. The average Bonchev–Trinajstić information content (AvgIpc) is 2.27. The van der Waals surface area contributed by atoms with E-state index in [1.807, 2.05) is 0 Å². The van der Waals surface area contributed by atoms with Gasteiger partial charge in [-0.15, -0.1) is 0 Å². The Morgan fingerprint density at radius 3 is 2.60 bits per heavy atom. The molecule has 20 heavy (non-hydrogen) atoms. The summed E-state index contributed by atoms with van der Waals surface area (Å²) in [6.45, 7) is 3.28. The molecule has 0 aliphatic heterocycles. The molecule has 0 spiro atoms. The van der Waals surface area contributed by atoms with Gasteiger partial charge in [0.1, 0.15) is 0 Å². The van der Waals surface area contributed by atoms with Crippen LogP contribution in [0.5, 0.6) is 0 Å². The van der Waals surface area contributed by atoms with Gasteiger partial charge in [-0.3, -0.25) is 9.59 Å². The van der Waals surface area contributed by atoms with Crippen LogP contribution >= 0.6 is 23.2 Å². The van der Waals surface area contributed by atoms with Gasteiger partial charge in [0.2, 0.25) is 5.91 Å². The molecule has 0 saturated carbocycles. The highest BCUT2D eigenvalue weighted by molar-refractivity contribution is 6.34. The molecule has 0 heterocycles. The van der Waals surface area contributed by atoms with Gasteiger partial charge in [-0.1, -0.05) is 23.2 Å². The third-order valence-corrected chi connectivity index (χ3v) is 3.01. The average molecular weight is 316 g/mol. The zero-order valence-electron chi connectivity index (χ0n) is 11.1. The predicted molar refractivity (Wildman–Crippen MR) is 80.0 cm³/mol. The first-order valence-corrected chi connectivity index (χ1v) is 6.62. The molecule has 0 atom stereocenters. The molecule has 6 heteroatoms. The molecule has 0 bridgehead atoms. The number of hydrogen-bond donors (Lipinski definition) is 2. The maximum Gasteiger partial charge on any atom is 0.305 e. The second-order valence-electron chi connectivity index (χ2n) is 4.94. The minimum atomic E-state index is -0.975. The van der Waals surface area contributed by atoms with E-state index >= 15 is 0 Å². The van der Waals surface area contributed by atoms with Gasteiger partial charge in [0.15, 0.2) is 0 Å². The summed E-state index contributed by atoms with van der Waals surface area (Å²) in [6.07, 6.45) is 2.66. The van der Waals surface area contributed by atoms with Crippen molar-refractivity contribution in [3.05, 3.63) is 39.9 Å². The van der Waals surface area contributed by atoms with Gasteiger partial charge < -0.3 is 10.4 Å². The Balaban J connectivity index is 2.73. The number of carbonyl (C=O) groups excluding carboxylic acids is 1. The molecule has 0 radical (unpaired) electrons. The van der Waals surface area contributed by atoms with E-state index in [0.717, 1.165) is 0 Å². The van der Waals surface area contributed by atoms with Gasteiger partial charge in [0, 0.05) is 21.7 Å². The minimum Gasteiger partial charge on any atom is -0.481 e. The van der Waals surface area contributed by atoms with Gasteiger partial charge in [-0.05, 0) is 43.7 Å². The number of rotatable bonds is 5. The Labute approximate surface area is 127 Å². The lowest BCUT2D eigenvalue weighted by Crippen LogP contribution is -2.44. The fourth-order valence-electron chi connectivity index (χ4n) is 1.61. The highest BCUT2D eigenvalue weighted by Crippen LogP contribution is 2.21. The van der Waals surface area contributed by atoms with E-state index in [0.29, 0.717) is 15.6 Å².